The van der Waals surface area contributed by atoms with Crippen LogP contribution in [0, 0.1) is 17.7 Å². The molecule has 3 rings (SSSR count). The number of anilines is 1. The van der Waals surface area contributed by atoms with Gasteiger partial charge in [0, 0.05) is 6.04 Å². The van der Waals surface area contributed by atoms with Gasteiger partial charge in [-0.15, -0.1) is 0 Å². The van der Waals surface area contributed by atoms with Crippen LogP contribution < -0.4 is 10.5 Å². The minimum absolute atomic E-state index is 0.0715. The van der Waals surface area contributed by atoms with Crippen LogP contribution in [0.5, 0.6) is 0 Å². The van der Waals surface area contributed by atoms with Gasteiger partial charge in [0.1, 0.15) is 4.90 Å². The number of fused-ring (bicyclic) bond motifs is 2. The second-order valence-corrected chi connectivity index (χ2v) is 8.68. The molecule has 0 amide bonds. The lowest BCUT2D eigenvalue weighted by Crippen LogP contribution is -2.38. The molecule has 21 heavy (non-hydrogen) atoms. The zero-order valence-electron chi connectivity index (χ0n) is 11.1. The van der Waals surface area contributed by atoms with Gasteiger partial charge >= 0.3 is 0 Å². The molecule has 116 valence electrons. The lowest BCUT2D eigenvalue weighted by Gasteiger charge is -2.23. The summed E-state index contributed by atoms with van der Waals surface area (Å²) in [5.74, 6) is -0.0239. The van der Waals surface area contributed by atoms with Crippen molar-refractivity contribution < 1.29 is 12.8 Å². The van der Waals surface area contributed by atoms with Gasteiger partial charge in [-0.25, -0.2) is 17.5 Å². The number of nitrogens with one attached hydrogen (secondary N) is 1. The summed E-state index contributed by atoms with van der Waals surface area (Å²) < 4.78 is 41.8. The minimum Gasteiger partial charge on any atom is -0.395 e. The Bertz CT molecular complexity index is 698. The quantitative estimate of drug-likeness (QED) is 0.607. The molecule has 0 aliphatic heterocycles. The summed E-state index contributed by atoms with van der Waals surface area (Å²) in [7, 11) is -3.97. The van der Waals surface area contributed by atoms with Gasteiger partial charge < -0.3 is 5.73 Å². The van der Waals surface area contributed by atoms with E-state index in [1.54, 1.807) is 0 Å². The minimum atomic E-state index is -3.97. The second-order valence-electron chi connectivity index (χ2n) is 5.80. The number of hydrogen-bond acceptors (Lipinski definition) is 3. The molecule has 2 aliphatic rings. The largest absolute Gasteiger partial charge is 0.395 e. The summed E-state index contributed by atoms with van der Waals surface area (Å²) in [6.45, 7) is 0. The van der Waals surface area contributed by atoms with E-state index in [2.05, 4.69) is 20.7 Å². The lowest BCUT2D eigenvalue weighted by atomic mass is 9.96. The maximum absolute atomic E-state index is 14.2. The summed E-state index contributed by atoms with van der Waals surface area (Å²) >= 11 is 8.92. The van der Waals surface area contributed by atoms with Gasteiger partial charge in [0.15, 0.2) is 5.82 Å². The highest BCUT2D eigenvalue weighted by atomic mass is 79.9. The molecule has 1 aromatic carbocycles. The van der Waals surface area contributed by atoms with Crippen LogP contribution in [-0.2, 0) is 10.0 Å². The van der Waals surface area contributed by atoms with E-state index in [1.807, 2.05) is 0 Å². The van der Waals surface area contributed by atoms with Crippen molar-refractivity contribution >= 4 is 43.2 Å². The van der Waals surface area contributed by atoms with E-state index in [0.717, 1.165) is 31.7 Å². The van der Waals surface area contributed by atoms with Crippen molar-refractivity contribution in [2.24, 2.45) is 11.8 Å². The van der Waals surface area contributed by atoms with Crippen molar-refractivity contribution in [1.82, 2.24) is 4.72 Å². The Balaban J connectivity index is 1.92. The van der Waals surface area contributed by atoms with Gasteiger partial charge in [-0.2, -0.15) is 0 Å². The van der Waals surface area contributed by atoms with Crippen LogP contribution in [0.15, 0.2) is 15.4 Å². The zero-order chi connectivity index (χ0) is 15.4. The van der Waals surface area contributed by atoms with Crippen LogP contribution in [0.1, 0.15) is 25.7 Å². The van der Waals surface area contributed by atoms with Gasteiger partial charge in [-0.3, -0.25) is 0 Å². The van der Waals surface area contributed by atoms with Crippen LogP contribution in [0.2, 0.25) is 5.02 Å². The Morgan fingerprint density at radius 2 is 2.10 bits per heavy atom. The van der Waals surface area contributed by atoms with E-state index in [-0.39, 0.29) is 21.2 Å². The first-order chi connectivity index (χ1) is 9.79. The van der Waals surface area contributed by atoms with E-state index >= 15 is 0 Å². The second kappa shape index (κ2) is 5.37. The molecule has 0 spiro atoms. The third-order valence-corrected chi connectivity index (χ3v) is 7.36. The summed E-state index contributed by atoms with van der Waals surface area (Å²) in [6.07, 6.45) is 4.07. The number of nitrogens with two attached hydrogens (primary N) is 1. The molecule has 0 aromatic heterocycles. The molecule has 3 unspecified atom stereocenters. The molecule has 0 heterocycles. The van der Waals surface area contributed by atoms with Crippen molar-refractivity contribution in [2.45, 2.75) is 36.6 Å². The molecule has 0 saturated heterocycles. The molecule has 2 bridgehead atoms. The fourth-order valence-electron chi connectivity index (χ4n) is 3.45. The number of hydrogen-bond donors (Lipinski definition) is 2. The van der Waals surface area contributed by atoms with Crippen LogP contribution in [0.4, 0.5) is 10.1 Å². The van der Waals surface area contributed by atoms with E-state index < -0.39 is 20.7 Å². The van der Waals surface area contributed by atoms with E-state index in [1.165, 1.54) is 0 Å². The van der Waals surface area contributed by atoms with Gasteiger partial charge in [0.25, 0.3) is 0 Å². The first-order valence-corrected chi connectivity index (χ1v) is 9.40. The van der Waals surface area contributed by atoms with Crippen molar-refractivity contribution in [3.8, 4) is 0 Å². The maximum atomic E-state index is 14.2. The predicted molar refractivity (Wildman–Crippen MR) is 83.1 cm³/mol. The Kier molecular flexibility index (Phi) is 3.97. The number of halogens is 3. The summed E-state index contributed by atoms with van der Waals surface area (Å²) in [6, 6.07) is 0.976. The van der Waals surface area contributed by atoms with Crippen LogP contribution >= 0.6 is 27.5 Å². The fourth-order valence-corrected chi connectivity index (χ4v) is 5.44. The SMILES string of the molecule is Nc1c(F)c(S(=O)(=O)NC2CC3CCC2C3)cc(Cl)c1Br. The van der Waals surface area contributed by atoms with E-state index in [0.29, 0.717) is 11.8 Å². The smallest absolute Gasteiger partial charge is 0.243 e. The molecule has 4 nitrogen and oxygen atoms in total. The van der Waals surface area contributed by atoms with E-state index in [4.69, 9.17) is 17.3 Å². The van der Waals surface area contributed by atoms with Crippen molar-refractivity contribution in [3.05, 3.63) is 21.4 Å². The highest BCUT2D eigenvalue weighted by Crippen LogP contribution is 2.45. The first-order valence-electron chi connectivity index (χ1n) is 6.75. The van der Waals surface area contributed by atoms with Crippen molar-refractivity contribution in [1.29, 1.82) is 0 Å². The Hall–Kier alpha value is -0.370. The Labute approximate surface area is 136 Å². The summed E-state index contributed by atoms with van der Waals surface area (Å²) in [5.41, 5.74) is 5.25. The standard InChI is InChI=1S/C13H15BrClFN2O2S/c14-11-8(15)5-10(12(16)13(11)17)21(19,20)18-9-4-6-1-2-7(9)3-6/h5-7,9,18H,1-4,17H2. The third kappa shape index (κ3) is 2.69. The molecule has 8 heteroatoms. The number of benzene rings is 1. The van der Waals surface area contributed by atoms with Crippen LogP contribution in [0.25, 0.3) is 0 Å². The highest BCUT2D eigenvalue weighted by Gasteiger charge is 2.41. The zero-order valence-corrected chi connectivity index (χ0v) is 14.2. The van der Waals surface area contributed by atoms with Crippen LogP contribution in [0.3, 0.4) is 0 Å². The topological polar surface area (TPSA) is 72.2 Å². The molecular formula is C13H15BrClFN2O2S. The summed E-state index contributed by atoms with van der Waals surface area (Å²) in [5, 5.41) is 0.0715. The van der Waals surface area contributed by atoms with Crippen molar-refractivity contribution in [2.75, 3.05) is 5.73 Å². The fraction of sp³-hybridized carbons (Fsp3) is 0.538. The van der Waals surface area contributed by atoms with E-state index in [9.17, 15) is 12.8 Å². The monoisotopic (exact) mass is 396 g/mol. The average Bonchev–Trinajstić information content (AvgIpc) is 3.02. The molecule has 2 fully saturated rings. The normalized spacial score (nSPS) is 28.2. The molecule has 2 saturated carbocycles. The molecule has 1 aromatic rings. The maximum Gasteiger partial charge on any atom is 0.243 e. The van der Waals surface area contributed by atoms with Crippen molar-refractivity contribution in [3.63, 3.8) is 0 Å². The Morgan fingerprint density at radius 3 is 2.67 bits per heavy atom. The Morgan fingerprint density at radius 1 is 1.38 bits per heavy atom. The highest BCUT2D eigenvalue weighted by molar-refractivity contribution is 9.10. The lowest BCUT2D eigenvalue weighted by molar-refractivity contribution is 0.389. The third-order valence-electron chi connectivity index (χ3n) is 4.49. The van der Waals surface area contributed by atoms with Gasteiger partial charge in [0.2, 0.25) is 10.0 Å². The van der Waals surface area contributed by atoms with Gasteiger partial charge in [-0.05, 0) is 53.1 Å². The van der Waals surface area contributed by atoms with Crippen LogP contribution in [-0.4, -0.2) is 14.5 Å². The first kappa shape index (κ1) is 15.5. The number of nitrogen functional groups attached to an aromatic ring is 1. The summed E-state index contributed by atoms with van der Waals surface area (Å²) in [4.78, 5) is -0.490. The number of sulfonamides is 1. The molecule has 3 atom stereocenters. The average molecular weight is 398 g/mol. The van der Waals surface area contributed by atoms with Gasteiger partial charge in [0.05, 0.1) is 15.2 Å². The molecule has 0 radical (unpaired) electrons. The molecular weight excluding hydrogens is 383 g/mol. The number of rotatable bonds is 3. The predicted octanol–water partition coefficient (Wildman–Crippen LogP) is 3.29. The van der Waals surface area contributed by atoms with Gasteiger partial charge in [-0.1, -0.05) is 18.0 Å². The molecule has 3 N–H and O–H groups in total. The molecule has 2 aliphatic carbocycles.